The Balaban J connectivity index is 0.000000949. The Hall–Kier alpha value is -5.83. The average molecular weight is 826 g/mol. The number of hydrogen-bond donors (Lipinski definition) is 0. The number of benzene rings is 7. The van der Waals surface area contributed by atoms with Crippen molar-refractivity contribution in [3.63, 3.8) is 0 Å². The molecule has 1 atom stereocenters. The first-order valence-electron chi connectivity index (χ1n) is 17.9. The Bertz CT molecular complexity index is 2600. The molecule has 10 aromatic rings. The molecule has 54 heavy (non-hydrogen) atoms. The summed E-state index contributed by atoms with van der Waals surface area (Å²) in [5.41, 5.74) is 11.9. The van der Waals surface area contributed by atoms with E-state index in [4.69, 9.17) is 23.8 Å². The highest BCUT2D eigenvalue weighted by Crippen LogP contribution is 2.38. The fraction of sp³-hybridized carbons (Fsp3) is 0. The second-order valence-corrected chi connectivity index (χ2v) is 14.5. The molecule has 0 fully saturated rings. The highest BCUT2D eigenvalue weighted by atomic mass is 127. The summed E-state index contributed by atoms with van der Waals surface area (Å²) in [6.45, 7) is 0. The van der Waals surface area contributed by atoms with E-state index in [9.17, 15) is 0 Å². The van der Waals surface area contributed by atoms with E-state index >= 15 is 0 Å². The molecule has 7 aromatic carbocycles. The molecule has 2 radical (unpaired) electrons. The summed E-state index contributed by atoms with van der Waals surface area (Å²) < 4.78 is 13.2. The minimum atomic E-state index is -0.900. The van der Waals surface area contributed by atoms with E-state index in [-0.39, 0.29) is 0 Å². The van der Waals surface area contributed by atoms with Gasteiger partial charge in [0, 0.05) is 33.8 Å². The highest BCUT2D eigenvalue weighted by molar-refractivity contribution is 14.2. The number of fused-ring (bicyclic) bond motifs is 3. The van der Waals surface area contributed by atoms with E-state index in [0.29, 0.717) is 0 Å². The van der Waals surface area contributed by atoms with Gasteiger partial charge in [-0.15, -0.1) is 6.05 Å². The molecule has 256 valence electrons. The molecular formula is C45H31BIN6P. The fourth-order valence-electron chi connectivity index (χ4n) is 7.19. The van der Waals surface area contributed by atoms with Crippen LogP contribution in [0.2, 0.25) is 0 Å². The van der Waals surface area contributed by atoms with Gasteiger partial charge in [0.05, 0.1) is 34.4 Å². The van der Waals surface area contributed by atoms with E-state index in [0.717, 1.165) is 84.3 Å². The van der Waals surface area contributed by atoms with E-state index in [1.54, 1.807) is 0 Å². The van der Waals surface area contributed by atoms with Crippen molar-refractivity contribution in [3.8, 4) is 51.2 Å². The summed E-state index contributed by atoms with van der Waals surface area (Å²) in [6.07, 6.45) is 0. The maximum atomic E-state index is 6.41. The number of aromatic nitrogens is 6. The van der Waals surface area contributed by atoms with Crippen molar-refractivity contribution in [1.29, 1.82) is 1.28 Å². The van der Waals surface area contributed by atoms with E-state index in [2.05, 4.69) is 159 Å². The van der Waals surface area contributed by atoms with Gasteiger partial charge in [-0.3, -0.25) is 13.7 Å². The van der Waals surface area contributed by atoms with Gasteiger partial charge in [-0.2, -0.15) is 0 Å². The summed E-state index contributed by atoms with van der Waals surface area (Å²) >= 11 is 1.85. The molecule has 0 aliphatic carbocycles. The number of para-hydroxylation sites is 9. The highest BCUT2D eigenvalue weighted by Gasteiger charge is 2.22. The summed E-state index contributed by atoms with van der Waals surface area (Å²) in [5, 5.41) is 0. The molecule has 0 spiro atoms. The van der Waals surface area contributed by atoms with E-state index < -0.39 is 6.05 Å². The smallest absolute Gasteiger partial charge is 0.145 e. The predicted octanol–water partition coefficient (Wildman–Crippen LogP) is 11.8. The molecule has 1 unspecified atom stereocenters. The quantitative estimate of drug-likeness (QED) is 0.0953. The lowest BCUT2D eigenvalue weighted by molar-refractivity contribution is 1.09. The normalized spacial score (nSPS) is 12.1. The van der Waals surface area contributed by atoms with Crippen molar-refractivity contribution in [1.82, 2.24) is 28.7 Å². The largest absolute Gasteiger partial charge is 0.292 e. The third-order valence-electron chi connectivity index (χ3n) is 9.43. The number of hydrogen-bond acceptors (Lipinski definition) is 3. The maximum Gasteiger partial charge on any atom is 0.145 e. The van der Waals surface area contributed by atoms with Gasteiger partial charge in [-0.1, -0.05) is 113 Å². The van der Waals surface area contributed by atoms with Crippen LogP contribution >= 0.6 is 28.1 Å². The summed E-state index contributed by atoms with van der Waals surface area (Å²) in [5.74, 6) is 2.53. The average Bonchev–Trinajstić information content (AvgIpc) is 3.94. The van der Waals surface area contributed by atoms with Crippen LogP contribution in [-0.4, -0.2) is 37.5 Å². The lowest BCUT2D eigenvalue weighted by Crippen LogP contribution is -2.02. The topological polar surface area (TPSA) is 53.5 Å². The van der Waals surface area contributed by atoms with Crippen molar-refractivity contribution in [2.75, 3.05) is 0 Å². The Morgan fingerprint density at radius 3 is 0.926 bits per heavy atom. The molecule has 0 bridgehead atoms. The molecule has 0 N–H and O–H groups in total. The van der Waals surface area contributed by atoms with Crippen molar-refractivity contribution in [3.05, 3.63) is 182 Å². The van der Waals surface area contributed by atoms with Crippen LogP contribution in [0.3, 0.4) is 0 Å². The van der Waals surface area contributed by atoms with Crippen LogP contribution in [0, 0.1) is 0 Å². The zero-order valence-electron chi connectivity index (χ0n) is 29.9. The Kier molecular flexibility index (Phi) is 9.05. The number of imidazole rings is 3. The van der Waals surface area contributed by atoms with Crippen LogP contribution < -0.4 is 0 Å². The van der Waals surface area contributed by atoms with Gasteiger partial charge < -0.3 is 0 Å². The van der Waals surface area contributed by atoms with Crippen LogP contribution in [-0.2, 0) is 0 Å². The minimum absolute atomic E-state index is 0.843. The van der Waals surface area contributed by atoms with Gasteiger partial charge in [0.25, 0.3) is 0 Å². The van der Waals surface area contributed by atoms with Gasteiger partial charge in [-0.25, -0.2) is 15.0 Å². The molecule has 0 aliphatic heterocycles. The first-order valence-corrected chi connectivity index (χ1v) is 21.2. The fourth-order valence-corrected chi connectivity index (χ4v) is 7.19. The van der Waals surface area contributed by atoms with Gasteiger partial charge in [0.15, 0.2) is 0 Å². The molecule has 0 saturated heterocycles. The van der Waals surface area contributed by atoms with Crippen LogP contribution in [0.5, 0.6) is 0 Å². The predicted molar refractivity (Wildman–Crippen MR) is 235 cm³/mol. The molecule has 10 rings (SSSR count). The van der Waals surface area contributed by atoms with Gasteiger partial charge in [0.1, 0.15) is 25.0 Å². The zero-order chi connectivity index (χ0) is 37.3. The number of nitrogens with zero attached hydrogens (tertiary/aromatic N) is 6. The van der Waals surface area contributed by atoms with E-state index in [1.807, 2.05) is 58.4 Å². The minimum Gasteiger partial charge on any atom is -0.292 e. The lowest BCUT2D eigenvalue weighted by atomic mass is 10.0. The van der Waals surface area contributed by atoms with Gasteiger partial charge in [0.2, 0.25) is 0 Å². The third-order valence-corrected chi connectivity index (χ3v) is 9.43. The zero-order valence-corrected chi connectivity index (χ0v) is 32.0. The summed E-state index contributed by atoms with van der Waals surface area (Å²) in [7, 11) is 4.83. The molecule has 3 aromatic heterocycles. The van der Waals surface area contributed by atoms with Gasteiger partial charge in [-0.05, 0) is 91.0 Å². The summed E-state index contributed by atoms with van der Waals surface area (Å²) in [6, 6.07) is 62.1. The lowest BCUT2D eigenvalue weighted by Gasteiger charge is -2.15. The van der Waals surface area contributed by atoms with Crippen molar-refractivity contribution in [2.24, 2.45) is 0 Å². The second-order valence-electron chi connectivity index (χ2n) is 12.7. The van der Waals surface area contributed by atoms with Crippen LogP contribution in [0.1, 0.15) is 0 Å². The molecule has 6 nitrogen and oxygen atoms in total. The van der Waals surface area contributed by atoms with Crippen molar-refractivity contribution >= 4 is 68.8 Å². The number of halogens is 1. The maximum absolute atomic E-state index is 6.41. The first kappa shape index (κ1) is 32.8. The van der Waals surface area contributed by atoms with Crippen molar-refractivity contribution in [2.45, 2.75) is 0 Å². The molecular weight excluding hydrogens is 793 g/mol. The number of rotatable bonds is 6. The Labute approximate surface area is 330 Å². The van der Waals surface area contributed by atoms with Crippen molar-refractivity contribution < 1.29 is 0 Å². The molecule has 0 saturated carbocycles. The van der Waals surface area contributed by atoms with Crippen LogP contribution in [0.4, 0.5) is 0 Å². The van der Waals surface area contributed by atoms with E-state index in [1.165, 1.54) is 0 Å². The SMILES string of the molecule is [3H]P([B])I.c1ccc(-n2c(-c3cc(-c4nc5ccccc5n4-c4ccccc4)cc(-c4nc5ccccc5n4-c4ccccc4)c3)nc3ccccc32)cc1. The third kappa shape index (κ3) is 6.21. The molecule has 3 heterocycles. The molecule has 0 amide bonds. The van der Waals surface area contributed by atoms with Crippen LogP contribution in [0.25, 0.3) is 84.3 Å². The second kappa shape index (κ2) is 14.9. The Morgan fingerprint density at radius 1 is 0.407 bits per heavy atom. The van der Waals surface area contributed by atoms with Gasteiger partial charge >= 0.3 is 0 Å². The summed E-state index contributed by atoms with van der Waals surface area (Å²) in [4.78, 5) is 15.9. The monoisotopic (exact) mass is 826 g/mol. The Morgan fingerprint density at radius 2 is 0.648 bits per heavy atom. The standard InChI is InChI=1S/C45H30N6.BHIP/c1-4-16-34(17-5-1)49-40-25-13-10-22-37(40)46-43(49)31-28-32(44-47-38-23-11-14-26-41(38)50(44)35-18-6-2-7-19-35)30-33(29-31)45-48-39-24-12-15-27-42(39)51(45)36-20-8-3-9-21-36;1-3-2/h1-30H;3H/i;3T. The van der Waals surface area contributed by atoms with Crippen LogP contribution in [0.15, 0.2) is 182 Å². The molecule has 9 heteroatoms. The first-order chi connectivity index (χ1) is 27.0. The molecule has 0 aliphatic rings.